The van der Waals surface area contributed by atoms with Gasteiger partial charge >= 0.3 is 0 Å². The number of hydrogen-bond acceptors (Lipinski definition) is 5. The van der Waals surface area contributed by atoms with Gasteiger partial charge in [-0.3, -0.25) is 4.79 Å². The van der Waals surface area contributed by atoms with Gasteiger partial charge in [0.25, 0.3) is 11.8 Å². The quantitative estimate of drug-likeness (QED) is 0.707. The number of nitrogens with zero attached hydrogens (tertiary/aromatic N) is 3. The van der Waals surface area contributed by atoms with E-state index in [4.69, 9.17) is 9.26 Å². The number of rotatable bonds is 6. The Morgan fingerprint density at radius 3 is 3.00 bits per heavy atom. The molecule has 1 atom stereocenters. The van der Waals surface area contributed by atoms with Crippen molar-refractivity contribution in [3.63, 3.8) is 0 Å². The van der Waals surface area contributed by atoms with Crippen LogP contribution in [0.1, 0.15) is 36.7 Å². The molecule has 0 bridgehead atoms. The van der Waals surface area contributed by atoms with E-state index in [1.807, 2.05) is 0 Å². The van der Waals surface area contributed by atoms with Gasteiger partial charge in [-0.25, -0.2) is 0 Å². The van der Waals surface area contributed by atoms with Crippen molar-refractivity contribution in [3.05, 3.63) is 35.2 Å². The number of benzene rings is 1. The summed E-state index contributed by atoms with van der Waals surface area (Å²) in [6.07, 6.45) is 2.86. The summed E-state index contributed by atoms with van der Waals surface area (Å²) in [5.41, 5.74) is 4.35. The van der Waals surface area contributed by atoms with Crippen molar-refractivity contribution in [2.24, 2.45) is 0 Å². The van der Waals surface area contributed by atoms with E-state index in [0.717, 1.165) is 30.5 Å². The summed E-state index contributed by atoms with van der Waals surface area (Å²) in [7, 11) is 1.79. The van der Waals surface area contributed by atoms with Crippen LogP contribution in [0, 0.1) is 6.92 Å². The standard InChI is InChI=1S/C21H26N4O3/c1-4-14-15-12-13(2)7-8-16(15)22-19(14)20-23-18(24-28-20)9-10-25(3)21(26)17-6-5-11-27-17/h7-8,12,17,22H,4-6,9-11H2,1-3H3/t17-/m1/s1. The van der Waals surface area contributed by atoms with Crippen LogP contribution in [0.25, 0.3) is 22.5 Å². The van der Waals surface area contributed by atoms with Gasteiger partial charge in [0.2, 0.25) is 0 Å². The normalized spacial score (nSPS) is 16.8. The Kier molecular flexibility index (Phi) is 5.17. The Morgan fingerprint density at radius 1 is 1.39 bits per heavy atom. The maximum atomic E-state index is 12.3. The first-order valence-corrected chi connectivity index (χ1v) is 9.87. The summed E-state index contributed by atoms with van der Waals surface area (Å²) in [4.78, 5) is 22.0. The fraction of sp³-hybridized carbons (Fsp3) is 0.476. The van der Waals surface area contributed by atoms with Crippen LogP contribution in [0.4, 0.5) is 0 Å². The molecule has 7 heteroatoms. The van der Waals surface area contributed by atoms with Gasteiger partial charge < -0.3 is 19.1 Å². The highest BCUT2D eigenvalue weighted by atomic mass is 16.5. The molecule has 1 amide bonds. The van der Waals surface area contributed by atoms with Crippen molar-refractivity contribution in [1.82, 2.24) is 20.0 Å². The third-order valence-electron chi connectivity index (χ3n) is 5.35. The number of carbonyl (C=O) groups excluding carboxylic acids is 1. The number of amides is 1. The van der Waals surface area contributed by atoms with E-state index in [0.29, 0.717) is 31.3 Å². The van der Waals surface area contributed by atoms with E-state index < -0.39 is 0 Å². The van der Waals surface area contributed by atoms with Crippen LogP contribution >= 0.6 is 0 Å². The number of likely N-dealkylation sites (N-methyl/N-ethyl adjacent to an activating group) is 1. The smallest absolute Gasteiger partial charge is 0.274 e. The maximum Gasteiger partial charge on any atom is 0.274 e. The third-order valence-corrected chi connectivity index (χ3v) is 5.35. The number of hydrogen-bond donors (Lipinski definition) is 1. The Hall–Kier alpha value is -2.67. The summed E-state index contributed by atoms with van der Waals surface area (Å²) >= 11 is 0. The Balaban J connectivity index is 1.48. The largest absolute Gasteiger partial charge is 0.368 e. The van der Waals surface area contributed by atoms with E-state index in [1.54, 1.807) is 11.9 Å². The van der Waals surface area contributed by atoms with Crippen molar-refractivity contribution in [2.75, 3.05) is 20.2 Å². The zero-order valence-electron chi connectivity index (χ0n) is 16.6. The van der Waals surface area contributed by atoms with Crippen LogP contribution in [0.5, 0.6) is 0 Å². The van der Waals surface area contributed by atoms with Gasteiger partial charge in [0.05, 0.1) is 0 Å². The van der Waals surface area contributed by atoms with Crippen LogP contribution in [-0.2, 0) is 22.4 Å². The molecule has 3 aromatic rings. The van der Waals surface area contributed by atoms with Gasteiger partial charge in [-0.05, 0) is 43.9 Å². The van der Waals surface area contributed by atoms with Gasteiger partial charge in [-0.1, -0.05) is 23.7 Å². The van der Waals surface area contributed by atoms with E-state index >= 15 is 0 Å². The minimum atomic E-state index is -0.298. The number of H-pyrrole nitrogens is 1. The highest BCUT2D eigenvalue weighted by Crippen LogP contribution is 2.30. The van der Waals surface area contributed by atoms with Gasteiger partial charge in [0.15, 0.2) is 5.82 Å². The number of aromatic nitrogens is 3. The lowest BCUT2D eigenvalue weighted by Gasteiger charge is -2.19. The van der Waals surface area contributed by atoms with Crippen molar-refractivity contribution >= 4 is 16.8 Å². The second-order valence-corrected chi connectivity index (χ2v) is 7.41. The SMILES string of the molecule is CCc1c(-c2nc(CCN(C)C(=O)[C@H]3CCCO3)no2)[nH]c2ccc(C)cc12. The molecule has 1 fully saturated rings. The minimum Gasteiger partial charge on any atom is -0.368 e. The van der Waals surface area contributed by atoms with Crippen LogP contribution < -0.4 is 0 Å². The van der Waals surface area contributed by atoms with E-state index in [1.165, 1.54) is 16.5 Å². The zero-order chi connectivity index (χ0) is 19.7. The summed E-state index contributed by atoms with van der Waals surface area (Å²) < 4.78 is 11.0. The molecule has 7 nitrogen and oxygen atoms in total. The second kappa shape index (κ2) is 7.75. The first kappa shape index (κ1) is 18.7. The molecule has 1 saturated heterocycles. The fourth-order valence-electron chi connectivity index (χ4n) is 3.76. The van der Waals surface area contributed by atoms with Crippen LogP contribution in [0.3, 0.4) is 0 Å². The number of nitrogens with one attached hydrogen (secondary N) is 1. The van der Waals surface area contributed by atoms with Gasteiger partial charge in [0.1, 0.15) is 11.8 Å². The molecule has 0 saturated carbocycles. The molecule has 0 unspecified atom stereocenters. The molecule has 1 N–H and O–H groups in total. The molecule has 4 rings (SSSR count). The number of fused-ring (bicyclic) bond motifs is 1. The molecule has 148 valence electrons. The predicted molar refractivity (Wildman–Crippen MR) is 106 cm³/mol. The molecule has 0 radical (unpaired) electrons. The van der Waals surface area contributed by atoms with Crippen LogP contribution in [-0.4, -0.2) is 52.2 Å². The van der Waals surface area contributed by atoms with Gasteiger partial charge in [0, 0.05) is 37.5 Å². The fourth-order valence-corrected chi connectivity index (χ4v) is 3.76. The molecule has 3 heterocycles. The van der Waals surface area contributed by atoms with E-state index in [-0.39, 0.29) is 12.0 Å². The Labute approximate surface area is 164 Å². The molecular formula is C21H26N4O3. The molecule has 1 aliphatic heterocycles. The molecule has 1 aromatic carbocycles. The Bertz CT molecular complexity index is 985. The minimum absolute atomic E-state index is 0.0282. The average molecular weight is 382 g/mol. The lowest BCUT2D eigenvalue weighted by Crippen LogP contribution is -2.37. The average Bonchev–Trinajstić information content (AvgIpc) is 3.44. The van der Waals surface area contributed by atoms with Crippen molar-refractivity contribution < 1.29 is 14.1 Å². The maximum absolute atomic E-state index is 12.3. The monoisotopic (exact) mass is 382 g/mol. The van der Waals surface area contributed by atoms with Crippen LogP contribution in [0.15, 0.2) is 22.7 Å². The summed E-state index contributed by atoms with van der Waals surface area (Å²) in [5, 5.41) is 5.30. The molecule has 1 aliphatic rings. The topological polar surface area (TPSA) is 84.2 Å². The number of carbonyl (C=O) groups is 1. The summed E-state index contributed by atoms with van der Waals surface area (Å²) in [6, 6.07) is 6.34. The molecule has 0 aliphatic carbocycles. The highest BCUT2D eigenvalue weighted by Gasteiger charge is 2.26. The highest BCUT2D eigenvalue weighted by molar-refractivity contribution is 5.90. The number of aryl methyl sites for hydroxylation is 2. The van der Waals surface area contributed by atoms with E-state index in [9.17, 15) is 4.79 Å². The molecule has 28 heavy (non-hydrogen) atoms. The Morgan fingerprint density at radius 2 is 2.25 bits per heavy atom. The summed E-state index contributed by atoms with van der Waals surface area (Å²) in [5.74, 6) is 1.12. The lowest BCUT2D eigenvalue weighted by atomic mass is 10.1. The first-order valence-electron chi connectivity index (χ1n) is 9.87. The predicted octanol–water partition coefficient (Wildman–Crippen LogP) is 3.27. The van der Waals surface area contributed by atoms with Crippen LogP contribution in [0.2, 0.25) is 0 Å². The third kappa shape index (κ3) is 3.54. The lowest BCUT2D eigenvalue weighted by molar-refractivity contribution is -0.139. The summed E-state index contributed by atoms with van der Waals surface area (Å²) in [6.45, 7) is 5.41. The molecule has 0 spiro atoms. The first-order chi connectivity index (χ1) is 13.6. The number of aromatic amines is 1. The van der Waals surface area contributed by atoms with E-state index in [2.05, 4.69) is 47.2 Å². The van der Waals surface area contributed by atoms with Gasteiger partial charge in [-0.15, -0.1) is 0 Å². The van der Waals surface area contributed by atoms with Crippen molar-refractivity contribution in [1.29, 1.82) is 0 Å². The van der Waals surface area contributed by atoms with Gasteiger partial charge in [-0.2, -0.15) is 4.98 Å². The van der Waals surface area contributed by atoms with Crippen molar-refractivity contribution in [3.8, 4) is 11.6 Å². The molecule has 2 aromatic heterocycles. The second-order valence-electron chi connectivity index (χ2n) is 7.41. The zero-order valence-corrected chi connectivity index (χ0v) is 16.6. The number of ether oxygens (including phenoxy) is 1. The van der Waals surface area contributed by atoms with Crippen molar-refractivity contribution in [2.45, 2.75) is 45.6 Å². The molecular weight excluding hydrogens is 356 g/mol.